The average Bonchev–Trinajstić information content (AvgIpc) is 3.17. The summed E-state index contributed by atoms with van der Waals surface area (Å²) in [6.45, 7) is 10.6. The molecular formula is C28H36N2O8. The maximum absolute atomic E-state index is 13.5. The molecule has 38 heavy (non-hydrogen) atoms. The number of benzene rings is 2. The minimum Gasteiger partial charge on any atom is -0.490 e. The lowest BCUT2D eigenvalue weighted by Crippen LogP contribution is -2.37. The van der Waals surface area contributed by atoms with E-state index in [1.54, 1.807) is 53.1 Å². The monoisotopic (exact) mass is 528 g/mol. The van der Waals surface area contributed by atoms with Crippen LogP contribution in [-0.4, -0.2) is 80.4 Å². The predicted molar refractivity (Wildman–Crippen MR) is 140 cm³/mol. The number of amides is 2. The normalized spacial score (nSPS) is 13.4. The Hall–Kier alpha value is -3.95. The molecule has 3 rings (SSSR count). The molecule has 0 bridgehead atoms. The Morgan fingerprint density at radius 3 is 1.71 bits per heavy atom. The molecule has 2 aromatic carbocycles. The molecule has 0 atom stereocenters. The lowest BCUT2D eigenvalue weighted by atomic mass is 10.1. The van der Waals surface area contributed by atoms with Crippen molar-refractivity contribution in [3.05, 3.63) is 47.5 Å². The van der Waals surface area contributed by atoms with Crippen LogP contribution < -0.4 is 18.9 Å². The van der Waals surface area contributed by atoms with E-state index in [1.165, 1.54) is 0 Å². The molecular weight excluding hydrogens is 492 g/mol. The van der Waals surface area contributed by atoms with Crippen LogP contribution in [0.3, 0.4) is 0 Å². The van der Waals surface area contributed by atoms with Crippen LogP contribution in [0.5, 0.6) is 23.0 Å². The second-order valence-corrected chi connectivity index (χ2v) is 8.35. The van der Waals surface area contributed by atoms with Crippen LogP contribution in [0.15, 0.2) is 36.4 Å². The molecule has 0 saturated carbocycles. The fraction of sp³-hybridized carbons (Fsp3) is 0.464. The highest BCUT2D eigenvalue weighted by atomic mass is 16.7. The van der Waals surface area contributed by atoms with Crippen molar-refractivity contribution in [2.75, 3.05) is 52.6 Å². The summed E-state index contributed by atoms with van der Waals surface area (Å²) in [5.41, 5.74) is 0.910. The highest BCUT2D eigenvalue weighted by molar-refractivity contribution is 5.96. The second kappa shape index (κ2) is 14.1. The van der Waals surface area contributed by atoms with Crippen LogP contribution in [0.1, 0.15) is 54.8 Å². The van der Waals surface area contributed by atoms with Crippen molar-refractivity contribution < 1.29 is 38.1 Å². The summed E-state index contributed by atoms with van der Waals surface area (Å²) in [6.07, 6.45) is -0.159. The molecule has 10 heteroatoms. The van der Waals surface area contributed by atoms with E-state index in [-0.39, 0.29) is 18.4 Å². The molecule has 1 heterocycles. The quantitative estimate of drug-likeness (QED) is 0.330. The number of nitrogens with zero attached hydrogens (tertiary/aromatic N) is 2. The number of carbonyl (C=O) groups is 3. The third kappa shape index (κ3) is 7.30. The summed E-state index contributed by atoms with van der Waals surface area (Å²) in [5.74, 6) is 1.39. The Labute approximate surface area is 223 Å². The number of ether oxygens (including phenoxy) is 5. The van der Waals surface area contributed by atoms with Gasteiger partial charge in [0.1, 0.15) is 5.75 Å². The van der Waals surface area contributed by atoms with Gasteiger partial charge in [0.05, 0.1) is 26.4 Å². The smallest absolute Gasteiger partial charge is 0.490 e. The van der Waals surface area contributed by atoms with Gasteiger partial charge in [0.2, 0.25) is 5.75 Å². The summed E-state index contributed by atoms with van der Waals surface area (Å²) < 4.78 is 27.1. The molecule has 1 aliphatic heterocycles. The predicted octanol–water partition coefficient (Wildman–Crippen LogP) is 4.41. The standard InChI is InChI=1S/C28H36N2O8/c1-5-34-23-18-21(19-24(35-6-2)25(23)36-7-3)27(32)30-15-9-14-29(16-17-30)26(31)20-10-12-22(13-11-20)38-28(33)37-8-4/h10-13,18-19H,5-9,14-17H2,1-4H3. The van der Waals surface area contributed by atoms with E-state index in [0.717, 1.165) is 0 Å². The molecule has 2 amide bonds. The van der Waals surface area contributed by atoms with Gasteiger partial charge in [0, 0.05) is 37.3 Å². The van der Waals surface area contributed by atoms with Gasteiger partial charge in [-0.1, -0.05) is 0 Å². The van der Waals surface area contributed by atoms with Crippen molar-refractivity contribution >= 4 is 18.0 Å². The molecule has 206 valence electrons. The fourth-order valence-corrected chi connectivity index (χ4v) is 4.11. The zero-order valence-electron chi connectivity index (χ0n) is 22.5. The van der Waals surface area contributed by atoms with Gasteiger partial charge in [0.15, 0.2) is 11.5 Å². The summed E-state index contributed by atoms with van der Waals surface area (Å²) in [7, 11) is 0. The van der Waals surface area contributed by atoms with E-state index in [4.69, 9.17) is 23.7 Å². The third-order valence-corrected chi connectivity index (χ3v) is 5.79. The van der Waals surface area contributed by atoms with E-state index in [0.29, 0.717) is 86.5 Å². The van der Waals surface area contributed by atoms with Crippen LogP contribution >= 0.6 is 0 Å². The minimum absolute atomic E-state index is 0.152. The number of hydrogen-bond acceptors (Lipinski definition) is 8. The van der Waals surface area contributed by atoms with Crippen molar-refractivity contribution in [2.24, 2.45) is 0 Å². The van der Waals surface area contributed by atoms with Gasteiger partial charge in [0.25, 0.3) is 11.8 Å². The number of carbonyl (C=O) groups excluding carboxylic acids is 3. The summed E-state index contributed by atoms with van der Waals surface area (Å²) in [4.78, 5) is 41.5. The first-order valence-electron chi connectivity index (χ1n) is 13.0. The minimum atomic E-state index is -0.793. The molecule has 10 nitrogen and oxygen atoms in total. The largest absolute Gasteiger partial charge is 0.513 e. The Morgan fingerprint density at radius 1 is 0.684 bits per heavy atom. The zero-order valence-corrected chi connectivity index (χ0v) is 22.5. The van der Waals surface area contributed by atoms with Gasteiger partial charge < -0.3 is 33.5 Å². The van der Waals surface area contributed by atoms with Gasteiger partial charge in [-0.05, 0) is 70.5 Å². The van der Waals surface area contributed by atoms with E-state index in [1.807, 2.05) is 20.8 Å². The SMILES string of the molecule is CCOC(=O)Oc1ccc(C(=O)N2CCCN(C(=O)c3cc(OCC)c(OCC)c(OCC)c3)CC2)cc1. The van der Waals surface area contributed by atoms with E-state index < -0.39 is 6.16 Å². The van der Waals surface area contributed by atoms with Crippen molar-refractivity contribution in [2.45, 2.75) is 34.1 Å². The molecule has 0 radical (unpaired) electrons. The Morgan fingerprint density at radius 2 is 1.21 bits per heavy atom. The summed E-state index contributed by atoms with van der Waals surface area (Å²) in [6, 6.07) is 9.69. The van der Waals surface area contributed by atoms with Crippen molar-refractivity contribution in [1.29, 1.82) is 0 Å². The third-order valence-electron chi connectivity index (χ3n) is 5.79. The average molecular weight is 529 g/mol. The van der Waals surface area contributed by atoms with Gasteiger partial charge in [-0.15, -0.1) is 0 Å². The molecule has 0 aliphatic carbocycles. The number of hydrogen-bond donors (Lipinski definition) is 0. The lowest BCUT2D eigenvalue weighted by Gasteiger charge is -2.23. The second-order valence-electron chi connectivity index (χ2n) is 8.35. The molecule has 0 aromatic heterocycles. The highest BCUT2D eigenvalue weighted by Gasteiger charge is 2.26. The van der Waals surface area contributed by atoms with Gasteiger partial charge in [-0.3, -0.25) is 9.59 Å². The maximum Gasteiger partial charge on any atom is 0.513 e. The Kier molecular flexibility index (Phi) is 10.6. The van der Waals surface area contributed by atoms with E-state index in [2.05, 4.69) is 0 Å². The number of rotatable bonds is 10. The Balaban J connectivity index is 1.70. The van der Waals surface area contributed by atoms with Crippen LogP contribution in [0, 0.1) is 0 Å². The molecule has 0 spiro atoms. The first-order chi connectivity index (χ1) is 18.4. The highest BCUT2D eigenvalue weighted by Crippen LogP contribution is 2.39. The Bertz CT molecular complexity index is 1080. The van der Waals surface area contributed by atoms with Gasteiger partial charge >= 0.3 is 6.16 Å². The molecule has 0 N–H and O–H groups in total. The first kappa shape index (κ1) is 28.6. The zero-order chi connectivity index (χ0) is 27.5. The summed E-state index contributed by atoms with van der Waals surface area (Å²) >= 11 is 0. The van der Waals surface area contributed by atoms with Crippen molar-refractivity contribution in [3.8, 4) is 23.0 Å². The van der Waals surface area contributed by atoms with Crippen molar-refractivity contribution in [1.82, 2.24) is 9.80 Å². The maximum atomic E-state index is 13.5. The van der Waals surface area contributed by atoms with Crippen LogP contribution in [-0.2, 0) is 4.74 Å². The molecule has 0 unspecified atom stereocenters. The first-order valence-corrected chi connectivity index (χ1v) is 13.0. The molecule has 1 aliphatic rings. The van der Waals surface area contributed by atoms with Crippen LogP contribution in [0.4, 0.5) is 4.79 Å². The van der Waals surface area contributed by atoms with Crippen LogP contribution in [0.2, 0.25) is 0 Å². The molecule has 2 aromatic rings. The van der Waals surface area contributed by atoms with Gasteiger partial charge in [-0.2, -0.15) is 0 Å². The molecule has 1 saturated heterocycles. The van der Waals surface area contributed by atoms with Gasteiger partial charge in [-0.25, -0.2) is 4.79 Å². The summed E-state index contributed by atoms with van der Waals surface area (Å²) in [5, 5.41) is 0. The molecule has 1 fully saturated rings. The van der Waals surface area contributed by atoms with Crippen LogP contribution in [0.25, 0.3) is 0 Å². The lowest BCUT2D eigenvalue weighted by molar-refractivity contribution is 0.0718. The topological polar surface area (TPSA) is 104 Å². The van der Waals surface area contributed by atoms with Crippen molar-refractivity contribution in [3.63, 3.8) is 0 Å². The van der Waals surface area contributed by atoms with E-state index >= 15 is 0 Å². The van der Waals surface area contributed by atoms with E-state index in [9.17, 15) is 14.4 Å². The fourth-order valence-electron chi connectivity index (χ4n) is 4.11.